The Morgan fingerprint density at radius 2 is 1.67 bits per heavy atom. The number of anilines is 1. The fourth-order valence-corrected chi connectivity index (χ4v) is 1.84. The van der Waals surface area contributed by atoms with Crippen LogP contribution in [0.2, 0.25) is 0 Å². The number of benzene rings is 1. The van der Waals surface area contributed by atoms with Gasteiger partial charge in [0.1, 0.15) is 17.4 Å². The molecule has 0 bridgehead atoms. The maximum atomic E-state index is 12.7. The zero-order chi connectivity index (χ0) is 15.9. The summed E-state index contributed by atoms with van der Waals surface area (Å²) in [7, 11) is 0. The van der Waals surface area contributed by atoms with Crippen molar-refractivity contribution in [1.82, 2.24) is 0 Å². The van der Waals surface area contributed by atoms with E-state index in [0.717, 1.165) is 5.69 Å². The van der Waals surface area contributed by atoms with Crippen molar-refractivity contribution in [3.63, 3.8) is 0 Å². The van der Waals surface area contributed by atoms with Crippen LogP contribution in [0.3, 0.4) is 0 Å². The number of Topliss-reactive ketones (excluding diaryl/α,β-unsaturated/α-hetero) is 2. The van der Waals surface area contributed by atoms with Gasteiger partial charge in [-0.3, -0.25) is 9.59 Å². The van der Waals surface area contributed by atoms with E-state index in [1.807, 2.05) is 20.8 Å². The molecule has 1 N–H and O–H groups in total. The largest absolute Gasteiger partial charge is 0.385 e. The molecule has 0 fully saturated rings. The van der Waals surface area contributed by atoms with Crippen molar-refractivity contribution in [3.8, 4) is 0 Å². The summed E-state index contributed by atoms with van der Waals surface area (Å²) in [6, 6.07) is 6.12. The van der Waals surface area contributed by atoms with Crippen LogP contribution in [0.15, 0.2) is 24.3 Å². The SMILES string of the molecule is CC(C)(C)C(=O)CCC(=O)CCCNc1ccc(F)cc1. The third kappa shape index (κ3) is 7.02. The lowest BCUT2D eigenvalue weighted by Crippen LogP contribution is -2.20. The topological polar surface area (TPSA) is 46.2 Å². The molecule has 0 radical (unpaired) electrons. The summed E-state index contributed by atoms with van der Waals surface area (Å²) in [5, 5.41) is 3.13. The number of hydrogen-bond acceptors (Lipinski definition) is 3. The summed E-state index contributed by atoms with van der Waals surface area (Å²) in [5.74, 6) is -0.0203. The van der Waals surface area contributed by atoms with E-state index in [9.17, 15) is 14.0 Å². The van der Waals surface area contributed by atoms with Crippen molar-refractivity contribution in [1.29, 1.82) is 0 Å². The van der Waals surface area contributed by atoms with E-state index in [2.05, 4.69) is 5.32 Å². The second-order valence-electron chi connectivity index (χ2n) is 6.25. The highest BCUT2D eigenvalue weighted by Gasteiger charge is 2.21. The smallest absolute Gasteiger partial charge is 0.138 e. The average Bonchev–Trinajstić information content (AvgIpc) is 2.41. The van der Waals surface area contributed by atoms with Gasteiger partial charge >= 0.3 is 0 Å². The fourth-order valence-electron chi connectivity index (χ4n) is 1.84. The van der Waals surface area contributed by atoms with Crippen LogP contribution in [0.25, 0.3) is 0 Å². The summed E-state index contributed by atoms with van der Waals surface area (Å²) in [6.45, 7) is 6.26. The zero-order valence-corrected chi connectivity index (χ0v) is 13.0. The van der Waals surface area contributed by atoms with Gasteiger partial charge < -0.3 is 5.32 Å². The van der Waals surface area contributed by atoms with Gasteiger partial charge in [-0.1, -0.05) is 20.8 Å². The van der Waals surface area contributed by atoms with Gasteiger partial charge in [-0.2, -0.15) is 0 Å². The molecule has 116 valence electrons. The number of hydrogen-bond donors (Lipinski definition) is 1. The summed E-state index contributed by atoms with van der Waals surface area (Å²) >= 11 is 0. The van der Waals surface area contributed by atoms with Gasteiger partial charge in [0.2, 0.25) is 0 Å². The van der Waals surface area contributed by atoms with E-state index in [0.29, 0.717) is 32.2 Å². The van der Waals surface area contributed by atoms with Crippen molar-refractivity contribution in [3.05, 3.63) is 30.1 Å². The van der Waals surface area contributed by atoms with Crippen molar-refractivity contribution >= 4 is 17.3 Å². The summed E-state index contributed by atoms with van der Waals surface area (Å²) in [4.78, 5) is 23.4. The molecule has 0 atom stereocenters. The van der Waals surface area contributed by atoms with Crippen molar-refractivity contribution in [2.45, 2.75) is 46.5 Å². The maximum Gasteiger partial charge on any atom is 0.138 e. The first-order chi connectivity index (χ1) is 9.79. The quantitative estimate of drug-likeness (QED) is 0.737. The molecule has 0 unspecified atom stereocenters. The molecule has 0 aliphatic heterocycles. The normalized spacial score (nSPS) is 11.2. The van der Waals surface area contributed by atoms with Crippen molar-refractivity contribution in [2.75, 3.05) is 11.9 Å². The van der Waals surface area contributed by atoms with Crippen molar-refractivity contribution < 1.29 is 14.0 Å². The molecule has 0 spiro atoms. The van der Waals surface area contributed by atoms with Crippen molar-refractivity contribution in [2.24, 2.45) is 5.41 Å². The molecule has 0 aromatic heterocycles. The highest BCUT2D eigenvalue weighted by molar-refractivity contribution is 5.88. The number of carbonyl (C=O) groups excluding carboxylic acids is 2. The third-order valence-electron chi connectivity index (χ3n) is 3.27. The summed E-state index contributed by atoms with van der Waals surface area (Å²) in [5.41, 5.74) is 0.469. The number of rotatable bonds is 8. The monoisotopic (exact) mass is 293 g/mol. The molecular weight excluding hydrogens is 269 g/mol. The van der Waals surface area contributed by atoms with Gasteiger partial charge in [0.05, 0.1) is 0 Å². The minimum atomic E-state index is -0.371. The van der Waals surface area contributed by atoms with Crippen LogP contribution in [0.1, 0.15) is 46.5 Å². The van der Waals surface area contributed by atoms with Crippen LogP contribution in [-0.4, -0.2) is 18.1 Å². The van der Waals surface area contributed by atoms with Gasteiger partial charge in [-0.25, -0.2) is 4.39 Å². The molecule has 0 saturated heterocycles. The molecule has 0 aliphatic carbocycles. The maximum absolute atomic E-state index is 12.7. The second kappa shape index (κ2) is 7.91. The van der Waals surface area contributed by atoms with Gasteiger partial charge in [0.25, 0.3) is 0 Å². The van der Waals surface area contributed by atoms with E-state index in [-0.39, 0.29) is 22.8 Å². The first-order valence-electron chi connectivity index (χ1n) is 7.33. The fraction of sp³-hybridized carbons (Fsp3) is 0.529. The molecule has 21 heavy (non-hydrogen) atoms. The Labute approximate surface area is 125 Å². The molecule has 0 saturated carbocycles. The number of nitrogens with one attached hydrogen (secondary N) is 1. The molecule has 1 rings (SSSR count). The Morgan fingerprint density at radius 1 is 1.05 bits per heavy atom. The molecular formula is C17H24FNO2. The summed E-state index contributed by atoms with van der Waals surface area (Å²) < 4.78 is 12.7. The molecule has 0 heterocycles. The van der Waals surface area contributed by atoms with Gasteiger partial charge in [0.15, 0.2) is 0 Å². The lowest BCUT2D eigenvalue weighted by Gasteiger charge is -2.15. The Balaban J connectivity index is 2.16. The van der Waals surface area contributed by atoms with Crippen LogP contribution in [0.4, 0.5) is 10.1 Å². The lowest BCUT2D eigenvalue weighted by molar-refractivity contribution is -0.129. The van der Waals surface area contributed by atoms with E-state index in [1.165, 1.54) is 12.1 Å². The molecule has 1 aromatic carbocycles. The predicted molar refractivity (Wildman–Crippen MR) is 82.8 cm³/mol. The zero-order valence-electron chi connectivity index (χ0n) is 13.0. The third-order valence-corrected chi connectivity index (χ3v) is 3.27. The molecule has 0 amide bonds. The van der Waals surface area contributed by atoms with Crippen LogP contribution < -0.4 is 5.32 Å². The minimum absolute atomic E-state index is 0.119. The standard InChI is InChI=1S/C17H24FNO2/c1-17(2,3)16(21)11-10-15(20)5-4-12-19-14-8-6-13(18)7-9-14/h6-9,19H,4-5,10-12H2,1-3H3. The molecule has 3 nitrogen and oxygen atoms in total. The predicted octanol–water partition coefficient (Wildman–Crippen LogP) is 3.98. The number of halogens is 1. The van der Waals surface area contributed by atoms with Gasteiger partial charge in [0, 0.05) is 36.9 Å². The summed E-state index contributed by atoms with van der Waals surface area (Å²) in [6.07, 6.45) is 1.83. The lowest BCUT2D eigenvalue weighted by atomic mass is 9.87. The highest BCUT2D eigenvalue weighted by Crippen LogP contribution is 2.18. The Morgan fingerprint density at radius 3 is 2.24 bits per heavy atom. The Kier molecular flexibility index (Phi) is 6.53. The van der Waals surface area contributed by atoms with E-state index in [1.54, 1.807) is 12.1 Å². The highest BCUT2D eigenvalue weighted by atomic mass is 19.1. The first-order valence-corrected chi connectivity index (χ1v) is 7.33. The van der Waals surface area contributed by atoms with Crippen LogP contribution >= 0.6 is 0 Å². The minimum Gasteiger partial charge on any atom is -0.385 e. The van der Waals surface area contributed by atoms with E-state index < -0.39 is 0 Å². The van der Waals surface area contributed by atoms with Gasteiger partial charge in [-0.05, 0) is 30.7 Å². The van der Waals surface area contributed by atoms with Gasteiger partial charge in [-0.15, -0.1) is 0 Å². The number of ketones is 2. The second-order valence-corrected chi connectivity index (χ2v) is 6.25. The first kappa shape index (κ1) is 17.3. The van der Waals surface area contributed by atoms with Crippen LogP contribution in [0, 0.1) is 11.2 Å². The molecule has 0 aliphatic rings. The van der Waals surface area contributed by atoms with E-state index >= 15 is 0 Å². The van der Waals surface area contributed by atoms with Crippen LogP contribution in [0.5, 0.6) is 0 Å². The van der Waals surface area contributed by atoms with E-state index in [4.69, 9.17) is 0 Å². The molecule has 4 heteroatoms. The Hall–Kier alpha value is -1.71. The molecule has 1 aromatic rings. The number of carbonyl (C=O) groups is 2. The average molecular weight is 293 g/mol. The Bertz CT molecular complexity index is 475. The van der Waals surface area contributed by atoms with Crippen LogP contribution in [-0.2, 0) is 9.59 Å².